The number of rotatable bonds is 3. The number of hydrogen-bond donors (Lipinski definition) is 1. The second kappa shape index (κ2) is 5.38. The first-order chi connectivity index (χ1) is 8.65. The van der Waals surface area contributed by atoms with E-state index >= 15 is 0 Å². The molecule has 0 bridgehead atoms. The molecule has 1 fully saturated rings. The fraction of sp³-hybridized carbons (Fsp3) is 0.500. The molecule has 0 spiro atoms. The first-order valence-electron chi connectivity index (χ1n) is 6.43. The average molecular weight is 251 g/mol. The van der Waals surface area contributed by atoms with E-state index in [4.69, 9.17) is 0 Å². The van der Waals surface area contributed by atoms with Crippen molar-refractivity contribution in [3.63, 3.8) is 0 Å². The van der Waals surface area contributed by atoms with Crippen molar-refractivity contribution in [2.45, 2.75) is 38.6 Å². The number of nitrogens with zero attached hydrogens (tertiary/aromatic N) is 1. The van der Waals surface area contributed by atoms with Crippen LogP contribution in [0.5, 0.6) is 5.75 Å². The molecule has 1 aromatic carbocycles. The number of carbonyl (C=O) groups is 1. The van der Waals surface area contributed by atoms with Crippen molar-refractivity contribution in [1.29, 1.82) is 0 Å². The normalized spacial score (nSPS) is 15.9. The van der Waals surface area contributed by atoms with E-state index in [1.807, 2.05) is 6.92 Å². The largest absolute Gasteiger partial charge is 0.507 e. The molecule has 1 N–H and O–H groups in total. The van der Waals surface area contributed by atoms with Gasteiger partial charge in [-0.3, -0.25) is 4.79 Å². The number of aromatic hydroxyl groups is 1. The zero-order valence-corrected chi connectivity index (χ0v) is 10.5. The Morgan fingerprint density at radius 3 is 2.67 bits per heavy atom. The van der Waals surface area contributed by atoms with Gasteiger partial charge in [0.05, 0.1) is 0 Å². The second-order valence-electron chi connectivity index (χ2n) is 4.66. The Bertz CT molecular complexity index is 421. The molecule has 0 unspecified atom stereocenters. The minimum absolute atomic E-state index is 0.182. The molecule has 0 radical (unpaired) electrons. The lowest BCUT2D eigenvalue weighted by molar-refractivity contribution is 0.0685. The minimum Gasteiger partial charge on any atom is -0.507 e. The van der Waals surface area contributed by atoms with Crippen molar-refractivity contribution in [3.8, 4) is 5.75 Å². The van der Waals surface area contributed by atoms with Crippen molar-refractivity contribution >= 4 is 5.91 Å². The summed E-state index contributed by atoms with van der Waals surface area (Å²) in [4.78, 5) is 14.0. The van der Waals surface area contributed by atoms with Gasteiger partial charge in [0.25, 0.3) is 5.91 Å². The van der Waals surface area contributed by atoms with Gasteiger partial charge in [0.15, 0.2) is 0 Å². The molecule has 1 aromatic rings. The number of phenolic OH excluding ortho intramolecular Hbond substituents is 1. The maximum atomic E-state index is 13.7. The van der Waals surface area contributed by atoms with Gasteiger partial charge in [0.2, 0.25) is 0 Å². The van der Waals surface area contributed by atoms with Crippen molar-refractivity contribution in [2.24, 2.45) is 0 Å². The van der Waals surface area contributed by atoms with Gasteiger partial charge in [-0.1, -0.05) is 18.9 Å². The Labute approximate surface area is 106 Å². The number of phenols is 1. The summed E-state index contributed by atoms with van der Waals surface area (Å²) in [5.74, 6) is -1.34. The summed E-state index contributed by atoms with van der Waals surface area (Å²) in [6.07, 6.45) is 4.15. The van der Waals surface area contributed by atoms with Crippen molar-refractivity contribution in [3.05, 3.63) is 29.6 Å². The second-order valence-corrected chi connectivity index (χ2v) is 4.66. The summed E-state index contributed by atoms with van der Waals surface area (Å²) >= 11 is 0. The van der Waals surface area contributed by atoms with Crippen LogP contribution in [0.4, 0.5) is 4.39 Å². The SMILES string of the molecule is CCN(C(=O)c1c(O)cccc1F)C1CCCC1. The molecule has 1 aliphatic carbocycles. The molecule has 98 valence electrons. The molecule has 0 saturated heterocycles. The van der Waals surface area contributed by atoms with Gasteiger partial charge < -0.3 is 10.0 Å². The summed E-state index contributed by atoms with van der Waals surface area (Å²) in [5.41, 5.74) is -0.203. The fourth-order valence-electron chi connectivity index (χ4n) is 2.65. The third-order valence-electron chi connectivity index (χ3n) is 3.57. The third-order valence-corrected chi connectivity index (χ3v) is 3.57. The van der Waals surface area contributed by atoms with Crippen molar-refractivity contribution < 1.29 is 14.3 Å². The predicted molar refractivity (Wildman–Crippen MR) is 67.0 cm³/mol. The van der Waals surface area contributed by atoms with Crippen LogP contribution in [-0.2, 0) is 0 Å². The summed E-state index contributed by atoms with van der Waals surface area (Å²) in [6, 6.07) is 4.13. The van der Waals surface area contributed by atoms with E-state index in [2.05, 4.69) is 0 Å². The topological polar surface area (TPSA) is 40.5 Å². The number of halogens is 1. The molecule has 18 heavy (non-hydrogen) atoms. The number of amides is 1. The number of benzene rings is 1. The first kappa shape index (κ1) is 12.9. The summed E-state index contributed by atoms with van der Waals surface area (Å²) in [7, 11) is 0. The molecule has 2 rings (SSSR count). The van der Waals surface area contributed by atoms with E-state index in [0.29, 0.717) is 6.54 Å². The molecule has 0 atom stereocenters. The number of hydrogen-bond acceptors (Lipinski definition) is 2. The van der Waals surface area contributed by atoms with Gasteiger partial charge in [-0.2, -0.15) is 0 Å². The molecule has 4 heteroatoms. The molecule has 0 heterocycles. The lowest BCUT2D eigenvalue weighted by Gasteiger charge is -2.28. The third kappa shape index (κ3) is 2.33. The average Bonchev–Trinajstić information content (AvgIpc) is 2.83. The zero-order valence-electron chi connectivity index (χ0n) is 10.5. The Morgan fingerprint density at radius 2 is 2.11 bits per heavy atom. The van der Waals surface area contributed by atoms with Crippen LogP contribution in [-0.4, -0.2) is 28.5 Å². The molecule has 1 amide bonds. The molecule has 1 aliphatic rings. The highest BCUT2D eigenvalue weighted by atomic mass is 19.1. The van der Waals surface area contributed by atoms with Crippen LogP contribution < -0.4 is 0 Å². The monoisotopic (exact) mass is 251 g/mol. The Kier molecular flexibility index (Phi) is 3.84. The lowest BCUT2D eigenvalue weighted by atomic mass is 10.1. The van der Waals surface area contributed by atoms with Crippen LogP contribution in [0.3, 0.4) is 0 Å². The minimum atomic E-state index is -0.656. The van der Waals surface area contributed by atoms with E-state index in [1.165, 1.54) is 18.2 Å². The van der Waals surface area contributed by atoms with Gasteiger partial charge in [-0.25, -0.2) is 4.39 Å². The van der Waals surface area contributed by atoms with Gasteiger partial charge in [0, 0.05) is 12.6 Å². The Hall–Kier alpha value is -1.58. The maximum Gasteiger partial charge on any atom is 0.260 e. The molecule has 0 aromatic heterocycles. The highest BCUT2D eigenvalue weighted by molar-refractivity contribution is 5.97. The van der Waals surface area contributed by atoms with Crippen LogP contribution in [0.25, 0.3) is 0 Å². The van der Waals surface area contributed by atoms with Crippen molar-refractivity contribution in [2.75, 3.05) is 6.54 Å². The van der Waals surface area contributed by atoms with Gasteiger partial charge in [0.1, 0.15) is 17.1 Å². The molecule has 0 aliphatic heterocycles. The number of carbonyl (C=O) groups excluding carboxylic acids is 1. The van der Waals surface area contributed by atoms with Crippen LogP contribution in [0, 0.1) is 5.82 Å². The quantitative estimate of drug-likeness (QED) is 0.897. The van der Waals surface area contributed by atoms with E-state index in [-0.39, 0.29) is 17.4 Å². The fourth-order valence-corrected chi connectivity index (χ4v) is 2.65. The highest BCUT2D eigenvalue weighted by Gasteiger charge is 2.29. The van der Waals surface area contributed by atoms with E-state index in [1.54, 1.807) is 4.90 Å². The van der Waals surface area contributed by atoms with E-state index < -0.39 is 11.7 Å². The van der Waals surface area contributed by atoms with Crippen LogP contribution in [0.1, 0.15) is 43.0 Å². The molecule has 1 saturated carbocycles. The van der Waals surface area contributed by atoms with Gasteiger partial charge in [-0.05, 0) is 31.9 Å². The van der Waals surface area contributed by atoms with Crippen LogP contribution >= 0.6 is 0 Å². The Balaban J connectivity index is 2.28. The highest BCUT2D eigenvalue weighted by Crippen LogP contribution is 2.28. The standard InChI is InChI=1S/C14H18FNO2/c1-2-16(10-6-3-4-7-10)14(18)13-11(15)8-5-9-12(13)17/h5,8-10,17H,2-4,6-7H2,1H3. The van der Waals surface area contributed by atoms with Crippen LogP contribution in [0.2, 0.25) is 0 Å². The van der Waals surface area contributed by atoms with E-state index in [9.17, 15) is 14.3 Å². The van der Waals surface area contributed by atoms with Gasteiger partial charge in [-0.15, -0.1) is 0 Å². The first-order valence-corrected chi connectivity index (χ1v) is 6.43. The summed E-state index contributed by atoms with van der Waals surface area (Å²) in [5, 5.41) is 9.66. The van der Waals surface area contributed by atoms with Gasteiger partial charge >= 0.3 is 0 Å². The molecular weight excluding hydrogens is 233 g/mol. The van der Waals surface area contributed by atoms with E-state index in [0.717, 1.165) is 25.7 Å². The maximum absolute atomic E-state index is 13.7. The molecule has 3 nitrogen and oxygen atoms in total. The summed E-state index contributed by atoms with van der Waals surface area (Å²) in [6.45, 7) is 2.42. The molecular formula is C14H18FNO2. The van der Waals surface area contributed by atoms with Crippen LogP contribution in [0.15, 0.2) is 18.2 Å². The zero-order chi connectivity index (χ0) is 13.1. The summed E-state index contributed by atoms with van der Waals surface area (Å²) < 4.78 is 13.7. The lowest BCUT2D eigenvalue weighted by Crippen LogP contribution is -2.39. The predicted octanol–water partition coefficient (Wildman–Crippen LogP) is 2.94. The van der Waals surface area contributed by atoms with Crippen molar-refractivity contribution in [1.82, 2.24) is 4.90 Å². The Morgan fingerprint density at radius 1 is 1.44 bits per heavy atom. The smallest absolute Gasteiger partial charge is 0.260 e.